The molecule has 0 N–H and O–H groups in total. The highest BCUT2D eigenvalue weighted by atomic mass is 35.5. The summed E-state index contributed by atoms with van der Waals surface area (Å²) >= 11 is 11.7. The second-order valence-electron chi connectivity index (χ2n) is 4.91. The van der Waals surface area contributed by atoms with E-state index in [1.807, 2.05) is 0 Å². The summed E-state index contributed by atoms with van der Waals surface area (Å²) < 4.78 is 63.2. The highest BCUT2D eigenvalue weighted by Crippen LogP contribution is 2.29. The Hall–Kier alpha value is -2.03. The maximum Gasteiger partial charge on any atom is 0.534 e. The van der Waals surface area contributed by atoms with Crippen LogP contribution >= 0.6 is 23.2 Å². The molecule has 0 bridgehead atoms. The Labute approximate surface area is 156 Å². The largest absolute Gasteiger partial charge is 0.534 e. The van der Waals surface area contributed by atoms with E-state index in [9.17, 15) is 26.4 Å². The summed E-state index contributed by atoms with van der Waals surface area (Å²) in [4.78, 5) is 11.1. The van der Waals surface area contributed by atoms with Crippen molar-refractivity contribution >= 4 is 51.8 Å². The number of carbonyl (C=O) groups excluding carboxylic acids is 1. The lowest BCUT2D eigenvalue weighted by Gasteiger charge is -2.11. The van der Waals surface area contributed by atoms with E-state index in [0.29, 0.717) is 21.2 Å². The summed E-state index contributed by atoms with van der Waals surface area (Å²) in [5.74, 6) is -0.719. The molecule has 4 nitrogen and oxygen atoms in total. The van der Waals surface area contributed by atoms with Crippen molar-refractivity contribution in [1.82, 2.24) is 0 Å². The first-order valence-electron chi connectivity index (χ1n) is 6.76. The highest BCUT2D eigenvalue weighted by molar-refractivity contribution is 7.88. The smallest absolute Gasteiger partial charge is 0.375 e. The van der Waals surface area contributed by atoms with E-state index in [1.165, 1.54) is 12.1 Å². The molecule has 10 heteroatoms. The Bertz CT molecular complexity index is 970. The van der Waals surface area contributed by atoms with Crippen LogP contribution in [0.1, 0.15) is 21.5 Å². The molecule has 0 unspecified atom stereocenters. The molecule has 138 valence electrons. The van der Waals surface area contributed by atoms with Gasteiger partial charge in [-0.25, -0.2) is 0 Å². The van der Waals surface area contributed by atoms with Crippen LogP contribution in [0.2, 0.25) is 10.0 Å². The SMILES string of the molecule is O=Cc1cc(/C=C/c2ccc(Cl)c(Cl)c2)ccc1OS(=O)(=O)C(F)(F)F. The van der Waals surface area contributed by atoms with Crippen LogP contribution in [0.15, 0.2) is 36.4 Å². The molecular formula is C16H9Cl2F3O4S. The van der Waals surface area contributed by atoms with Crippen LogP contribution in [0.5, 0.6) is 5.75 Å². The Morgan fingerprint density at radius 1 is 0.923 bits per heavy atom. The molecule has 0 spiro atoms. The summed E-state index contributed by atoms with van der Waals surface area (Å²) in [6.45, 7) is 0. The number of hydrogen-bond acceptors (Lipinski definition) is 4. The molecule has 26 heavy (non-hydrogen) atoms. The van der Waals surface area contributed by atoms with Gasteiger partial charge in [-0.3, -0.25) is 4.79 Å². The summed E-state index contributed by atoms with van der Waals surface area (Å²) in [6, 6.07) is 8.29. The third-order valence-electron chi connectivity index (χ3n) is 3.06. The minimum atomic E-state index is -5.86. The van der Waals surface area contributed by atoms with Gasteiger partial charge in [-0.15, -0.1) is 0 Å². The van der Waals surface area contributed by atoms with E-state index in [-0.39, 0.29) is 11.8 Å². The molecule has 0 radical (unpaired) electrons. The van der Waals surface area contributed by atoms with Gasteiger partial charge in [0, 0.05) is 0 Å². The monoisotopic (exact) mass is 424 g/mol. The van der Waals surface area contributed by atoms with Gasteiger partial charge in [0.25, 0.3) is 0 Å². The summed E-state index contributed by atoms with van der Waals surface area (Å²) in [5, 5.41) is 0.711. The van der Waals surface area contributed by atoms with Crippen molar-refractivity contribution in [3.05, 3.63) is 63.1 Å². The maximum absolute atomic E-state index is 12.4. The number of alkyl halides is 3. The van der Waals surface area contributed by atoms with Crippen LogP contribution < -0.4 is 4.18 Å². The number of benzene rings is 2. The molecular weight excluding hydrogens is 416 g/mol. The molecule has 0 saturated carbocycles. The van der Waals surface area contributed by atoms with E-state index in [1.54, 1.807) is 30.4 Å². The van der Waals surface area contributed by atoms with Crippen LogP contribution in [0.4, 0.5) is 13.2 Å². The fraction of sp³-hybridized carbons (Fsp3) is 0.0625. The molecule has 0 aliphatic heterocycles. The number of carbonyl (C=O) groups is 1. The second kappa shape index (κ2) is 7.69. The van der Waals surface area contributed by atoms with Gasteiger partial charge in [-0.05, 0) is 35.4 Å². The number of halogens is 5. The molecule has 0 aromatic heterocycles. The highest BCUT2D eigenvalue weighted by Gasteiger charge is 2.48. The normalized spacial score (nSPS) is 12.3. The second-order valence-corrected chi connectivity index (χ2v) is 7.26. The fourth-order valence-corrected chi connectivity index (χ4v) is 2.60. The van der Waals surface area contributed by atoms with Crippen molar-refractivity contribution in [3.8, 4) is 5.75 Å². The molecule has 0 saturated heterocycles. The van der Waals surface area contributed by atoms with Crippen LogP contribution in [0.3, 0.4) is 0 Å². The first kappa shape index (κ1) is 20.3. The van der Waals surface area contributed by atoms with Crippen molar-refractivity contribution < 1.29 is 30.6 Å². The van der Waals surface area contributed by atoms with Crippen LogP contribution in [0, 0.1) is 0 Å². The number of hydrogen-bond donors (Lipinski definition) is 0. The Morgan fingerprint density at radius 3 is 2.04 bits per heavy atom. The zero-order chi connectivity index (χ0) is 19.5. The summed E-state index contributed by atoms with van der Waals surface area (Å²) in [7, 11) is -5.86. The van der Waals surface area contributed by atoms with Gasteiger partial charge in [-0.1, -0.05) is 47.5 Å². The van der Waals surface area contributed by atoms with Crippen LogP contribution in [0.25, 0.3) is 12.2 Å². The van der Waals surface area contributed by atoms with Gasteiger partial charge in [0.15, 0.2) is 12.0 Å². The average Bonchev–Trinajstić information content (AvgIpc) is 2.55. The molecule has 0 heterocycles. The van der Waals surface area contributed by atoms with E-state index < -0.39 is 21.4 Å². The first-order chi connectivity index (χ1) is 12.0. The maximum atomic E-state index is 12.4. The van der Waals surface area contributed by atoms with Gasteiger partial charge in [-0.2, -0.15) is 21.6 Å². The third-order valence-corrected chi connectivity index (χ3v) is 4.76. The molecule has 0 atom stereocenters. The fourth-order valence-electron chi connectivity index (χ4n) is 1.81. The lowest BCUT2D eigenvalue weighted by atomic mass is 10.1. The number of rotatable bonds is 5. The Kier molecular flexibility index (Phi) is 6.00. The van der Waals surface area contributed by atoms with Gasteiger partial charge < -0.3 is 4.18 Å². The summed E-state index contributed by atoms with van der Waals surface area (Å²) in [6.07, 6.45) is 3.37. The van der Waals surface area contributed by atoms with Crippen molar-refractivity contribution in [2.45, 2.75) is 5.51 Å². The van der Waals surface area contributed by atoms with Crippen molar-refractivity contribution in [1.29, 1.82) is 0 Å². The minimum Gasteiger partial charge on any atom is -0.375 e. The Balaban J connectivity index is 2.29. The predicted octanol–water partition coefficient (Wildman–Crippen LogP) is 5.20. The number of aldehydes is 1. The zero-order valence-corrected chi connectivity index (χ0v) is 15.0. The molecule has 2 aromatic carbocycles. The van der Waals surface area contributed by atoms with E-state index in [4.69, 9.17) is 23.2 Å². The molecule has 0 fully saturated rings. The molecule has 0 aliphatic carbocycles. The lowest BCUT2D eigenvalue weighted by molar-refractivity contribution is -0.0500. The van der Waals surface area contributed by atoms with E-state index in [2.05, 4.69) is 4.18 Å². The zero-order valence-electron chi connectivity index (χ0n) is 12.6. The van der Waals surface area contributed by atoms with Gasteiger partial charge in [0.1, 0.15) is 0 Å². The molecule has 0 aliphatic rings. The van der Waals surface area contributed by atoms with Gasteiger partial charge >= 0.3 is 15.6 Å². The first-order valence-corrected chi connectivity index (χ1v) is 8.93. The van der Waals surface area contributed by atoms with Crippen LogP contribution in [-0.4, -0.2) is 20.2 Å². The predicted molar refractivity (Wildman–Crippen MR) is 92.8 cm³/mol. The van der Waals surface area contributed by atoms with Crippen LogP contribution in [-0.2, 0) is 10.1 Å². The topological polar surface area (TPSA) is 60.4 Å². The minimum absolute atomic E-state index is 0.192. The van der Waals surface area contributed by atoms with Gasteiger partial charge in [0.05, 0.1) is 15.6 Å². The average molecular weight is 425 g/mol. The quantitative estimate of drug-likeness (QED) is 0.286. The lowest BCUT2D eigenvalue weighted by Crippen LogP contribution is -2.28. The molecule has 2 rings (SSSR count). The molecule has 0 amide bonds. The van der Waals surface area contributed by atoms with Gasteiger partial charge in [0.2, 0.25) is 0 Å². The summed E-state index contributed by atoms with van der Waals surface area (Å²) in [5.41, 5.74) is -4.84. The third kappa shape index (κ3) is 4.78. The van der Waals surface area contributed by atoms with Crippen molar-refractivity contribution in [2.24, 2.45) is 0 Å². The van der Waals surface area contributed by atoms with Crippen molar-refractivity contribution in [2.75, 3.05) is 0 Å². The Morgan fingerprint density at radius 2 is 1.50 bits per heavy atom. The van der Waals surface area contributed by atoms with E-state index >= 15 is 0 Å². The van der Waals surface area contributed by atoms with Crippen molar-refractivity contribution in [3.63, 3.8) is 0 Å². The standard InChI is InChI=1S/C16H9Cl2F3O4S/c17-13-5-3-11(8-14(13)18)2-1-10-4-6-15(12(7-10)9-22)25-26(23,24)16(19,20)21/h1-9H/b2-1+. The van der Waals surface area contributed by atoms with E-state index in [0.717, 1.165) is 6.07 Å². The molecule has 2 aromatic rings.